The largest absolute Gasteiger partial charge is 0.325 e. The Morgan fingerprint density at radius 3 is 2.52 bits per heavy atom. The Kier molecular flexibility index (Phi) is 5.38. The number of hydrogen-bond donors (Lipinski definition) is 1. The molecule has 1 amide bonds. The maximum absolute atomic E-state index is 13.7. The Morgan fingerprint density at radius 2 is 1.87 bits per heavy atom. The minimum atomic E-state index is -3.48. The molecule has 0 radical (unpaired) electrons. The average molecular weight is 356 g/mol. The summed E-state index contributed by atoms with van der Waals surface area (Å²) in [5.41, 5.74) is 0.245. The van der Waals surface area contributed by atoms with E-state index in [1.54, 1.807) is 12.1 Å². The van der Waals surface area contributed by atoms with Crippen molar-refractivity contribution in [2.45, 2.75) is 18.2 Å². The summed E-state index contributed by atoms with van der Waals surface area (Å²) < 4.78 is 37.8. The van der Waals surface area contributed by atoms with E-state index >= 15 is 0 Å². The first-order valence-electron chi connectivity index (χ1n) is 6.89. The molecular formula is C16H15ClFNO3S. The highest BCUT2D eigenvalue weighted by Gasteiger charge is 2.18. The summed E-state index contributed by atoms with van der Waals surface area (Å²) in [7, 11) is -3.48. The van der Waals surface area contributed by atoms with Gasteiger partial charge in [-0.1, -0.05) is 36.7 Å². The first-order chi connectivity index (χ1) is 10.8. The number of carbonyl (C=O) groups excluding carboxylic acids is 1. The number of halogens is 2. The molecule has 0 spiro atoms. The predicted molar refractivity (Wildman–Crippen MR) is 87.9 cm³/mol. The van der Waals surface area contributed by atoms with Crippen LogP contribution in [0, 0.1) is 5.82 Å². The van der Waals surface area contributed by atoms with E-state index in [0.29, 0.717) is 0 Å². The number of carbonyl (C=O) groups is 1. The summed E-state index contributed by atoms with van der Waals surface area (Å²) in [6.07, 6.45) is -0.286. The van der Waals surface area contributed by atoms with Crippen LogP contribution >= 0.6 is 11.6 Å². The lowest BCUT2D eigenvalue weighted by molar-refractivity contribution is -0.115. The van der Waals surface area contributed by atoms with Crippen LogP contribution in [0.5, 0.6) is 0 Å². The molecule has 1 N–H and O–H groups in total. The summed E-state index contributed by atoms with van der Waals surface area (Å²) in [6, 6.07) is 10.2. The van der Waals surface area contributed by atoms with E-state index in [1.807, 2.05) is 0 Å². The van der Waals surface area contributed by atoms with Gasteiger partial charge in [0.1, 0.15) is 5.82 Å². The molecule has 4 nitrogen and oxygen atoms in total. The average Bonchev–Trinajstić information content (AvgIpc) is 2.51. The molecule has 0 aromatic heterocycles. The van der Waals surface area contributed by atoms with Gasteiger partial charge in [-0.2, -0.15) is 0 Å². The van der Waals surface area contributed by atoms with E-state index in [1.165, 1.54) is 37.3 Å². The van der Waals surface area contributed by atoms with Gasteiger partial charge >= 0.3 is 0 Å². The fourth-order valence-corrected chi connectivity index (χ4v) is 3.33. The second-order valence-corrected chi connectivity index (χ2v) is 7.48. The molecule has 7 heteroatoms. The van der Waals surface area contributed by atoms with Gasteiger partial charge in [-0.3, -0.25) is 4.79 Å². The first kappa shape index (κ1) is 17.4. The Labute approximate surface area is 139 Å². The number of sulfone groups is 1. The SMILES string of the molecule is CCS(=O)(=O)c1ccccc1NC(=O)Cc1c(F)cccc1Cl. The highest BCUT2D eigenvalue weighted by atomic mass is 35.5. The monoisotopic (exact) mass is 355 g/mol. The number of hydrogen-bond acceptors (Lipinski definition) is 3. The van der Waals surface area contributed by atoms with Gasteiger partial charge in [-0.05, 0) is 24.3 Å². The zero-order valence-electron chi connectivity index (χ0n) is 12.3. The van der Waals surface area contributed by atoms with E-state index < -0.39 is 21.6 Å². The van der Waals surface area contributed by atoms with Gasteiger partial charge in [0, 0.05) is 10.6 Å². The minimum absolute atomic E-state index is 0.0375. The number of amides is 1. The first-order valence-corrected chi connectivity index (χ1v) is 8.92. The lowest BCUT2D eigenvalue weighted by atomic mass is 10.1. The number of para-hydroxylation sites is 1. The van der Waals surface area contributed by atoms with Crippen molar-refractivity contribution in [3.05, 3.63) is 58.9 Å². The Morgan fingerprint density at radius 1 is 1.17 bits per heavy atom. The molecule has 2 aromatic rings. The van der Waals surface area contributed by atoms with Gasteiger partial charge < -0.3 is 5.32 Å². The quantitative estimate of drug-likeness (QED) is 0.893. The predicted octanol–water partition coefficient (Wildman–Crippen LogP) is 3.45. The molecule has 23 heavy (non-hydrogen) atoms. The summed E-state index contributed by atoms with van der Waals surface area (Å²) in [5, 5.41) is 2.66. The third-order valence-electron chi connectivity index (χ3n) is 3.28. The van der Waals surface area contributed by atoms with Crippen LogP contribution in [0.15, 0.2) is 47.4 Å². The Balaban J connectivity index is 2.25. The molecule has 0 aliphatic carbocycles. The summed E-state index contributed by atoms with van der Waals surface area (Å²) in [5.74, 6) is -1.21. The van der Waals surface area contributed by atoms with Gasteiger partial charge in [-0.25, -0.2) is 12.8 Å². The van der Waals surface area contributed by atoms with E-state index in [0.717, 1.165) is 0 Å². The molecule has 0 atom stereocenters. The minimum Gasteiger partial charge on any atom is -0.325 e. The van der Waals surface area contributed by atoms with Crippen molar-refractivity contribution >= 4 is 33.0 Å². The van der Waals surface area contributed by atoms with Gasteiger partial charge in [0.25, 0.3) is 0 Å². The van der Waals surface area contributed by atoms with Crippen molar-refractivity contribution < 1.29 is 17.6 Å². The number of anilines is 1. The Bertz CT molecular complexity index is 817. The molecule has 122 valence electrons. The number of nitrogens with one attached hydrogen (secondary N) is 1. The zero-order valence-corrected chi connectivity index (χ0v) is 13.9. The van der Waals surface area contributed by atoms with Crippen molar-refractivity contribution in [3.8, 4) is 0 Å². The van der Waals surface area contributed by atoms with Gasteiger partial charge in [0.2, 0.25) is 5.91 Å². The maximum atomic E-state index is 13.7. The third-order valence-corrected chi connectivity index (χ3v) is 5.42. The van der Waals surface area contributed by atoms with Crippen LogP contribution < -0.4 is 5.32 Å². The van der Waals surface area contributed by atoms with E-state index in [4.69, 9.17) is 11.6 Å². The van der Waals surface area contributed by atoms with Crippen molar-refractivity contribution in [2.24, 2.45) is 0 Å². The van der Waals surface area contributed by atoms with Crippen LogP contribution in [0.3, 0.4) is 0 Å². The lowest BCUT2D eigenvalue weighted by Crippen LogP contribution is -2.18. The highest BCUT2D eigenvalue weighted by molar-refractivity contribution is 7.91. The van der Waals surface area contributed by atoms with Gasteiger partial charge in [0.15, 0.2) is 9.84 Å². The normalized spacial score (nSPS) is 11.3. The van der Waals surface area contributed by atoms with Crippen LogP contribution in [0.1, 0.15) is 12.5 Å². The summed E-state index contributed by atoms with van der Waals surface area (Å²) in [4.78, 5) is 12.2. The fraction of sp³-hybridized carbons (Fsp3) is 0.188. The van der Waals surface area contributed by atoms with E-state index in [9.17, 15) is 17.6 Å². The maximum Gasteiger partial charge on any atom is 0.228 e. The molecule has 0 saturated heterocycles. The Hall–Kier alpha value is -1.92. The number of benzene rings is 2. The standard InChI is InChI=1S/C16H15ClFNO3S/c1-2-23(21,22)15-9-4-3-8-14(15)19-16(20)10-11-12(17)6-5-7-13(11)18/h3-9H,2,10H2,1H3,(H,19,20). The molecule has 2 aromatic carbocycles. The van der Waals surface area contributed by atoms with Crippen molar-refractivity contribution in [3.63, 3.8) is 0 Å². The third kappa shape index (κ3) is 4.09. The van der Waals surface area contributed by atoms with Crippen LogP contribution in [0.2, 0.25) is 5.02 Å². The highest BCUT2D eigenvalue weighted by Crippen LogP contribution is 2.23. The molecule has 2 rings (SSSR count). The van der Waals surface area contributed by atoms with Crippen LogP contribution in [0.25, 0.3) is 0 Å². The van der Waals surface area contributed by atoms with Gasteiger partial charge in [0.05, 0.1) is 22.8 Å². The molecule has 0 aliphatic heterocycles. The lowest BCUT2D eigenvalue weighted by Gasteiger charge is -2.11. The zero-order chi connectivity index (χ0) is 17.0. The van der Waals surface area contributed by atoms with Crippen LogP contribution in [0.4, 0.5) is 10.1 Å². The molecule has 0 heterocycles. The van der Waals surface area contributed by atoms with Crippen molar-refractivity contribution in [2.75, 3.05) is 11.1 Å². The fourth-order valence-electron chi connectivity index (χ4n) is 2.05. The second kappa shape index (κ2) is 7.10. The number of rotatable bonds is 5. The van der Waals surface area contributed by atoms with E-state index in [-0.39, 0.29) is 33.3 Å². The van der Waals surface area contributed by atoms with Crippen LogP contribution in [-0.4, -0.2) is 20.1 Å². The van der Waals surface area contributed by atoms with Crippen molar-refractivity contribution in [1.82, 2.24) is 0 Å². The summed E-state index contributed by atoms with van der Waals surface area (Å²) in [6.45, 7) is 1.52. The molecule has 0 aliphatic rings. The smallest absolute Gasteiger partial charge is 0.228 e. The topological polar surface area (TPSA) is 63.2 Å². The second-order valence-electron chi connectivity index (χ2n) is 4.82. The van der Waals surface area contributed by atoms with Crippen LogP contribution in [-0.2, 0) is 21.1 Å². The van der Waals surface area contributed by atoms with Gasteiger partial charge in [-0.15, -0.1) is 0 Å². The van der Waals surface area contributed by atoms with Crippen molar-refractivity contribution in [1.29, 1.82) is 0 Å². The molecule has 0 fully saturated rings. The molecular weight excluding hydrogens is 341 g/mol. The molecule has 0 bridgehead atoms. The molecule has 0 unspecified atom stereocenters. The van der Waals surface area contributed by atoms with E-state index in [2.05, 4.69) is 5.32 Å². The summed E-state index contributed by atoms with van der Waals surface area (Å²) >= 11 is 5.89. The molecule has 0 saturated carbocycles.